The number of unbranched alkanes of at least 4 members (excludes halogenated alkanes) is 2. The third-order valence-corrected chi connectivity index (χ3v) is 2.74. The predicted octanol–water partition coefficient (Wildman–Crippen LogP) is 2.75. The second-order valence-electron chi connectivity index (χ2n) is 4.26. The number of hydrogen-bond acceptors (Lipinski definition) is 2. The maximum absolute atomic E-state index is 8.75. The summed E-state index contributed by atoms with van der Waals surface area (Å²) < 4.78 is 0. The van der Waals surface area contributed by atoms with Crippen molar-refractivity contribution in [2.45, 2.75) is 32.1 Å². The van der Waals surface area contributed by atoms with Crippen LogP contribution in [0.3, 0.4) is 0 Å². The average molecular weight is 233 g/mol. The summed E-state index contributed by atoms with van der Waals surface area (Å²) in [5.41, 5.74) is 7.97. The van der Waals surface area contributed by atoms with Crippen molar-refractivity contribution < 1.29 is 5.11 Å². The molecule has 0 aromatic heterocycles. The van der Waals surface area contributed by atoms with Crippen molar-refractivity contribution in [2.24, 2.45) is 5.73 Å². The molecule has 0 radical (unpaired) electrons. The number of hydrogen-bond donors (Lipinski definition) is 2. The van der Waals surface area contributed by atoms with Crippen LogP contribution < -0.4 is 5.73 Å². The smallest absolute Gasteiger partial charge is 0.0434 e. The van der Waals surface area contributed by atoms with Gasteiger partial charge >= 0.3 is 0 Å². The van der Waals surface area contributed by atoms with Gasteiger partial charge in [-0.1, -0.05) is 36.4 Å². The standard InChI is InChI=1S/C15H23NO/c16-12-4-2-1-3-6-14-8-10-15(11-9-14)7-5-13-17/h3,6,8-11,17H,1-2,4-5,7,12-13,16H2. The van der Waals surface area contributed by atoms with Gasteiger partial charge in [0.05, 0.1) is 0 Å². The molecule has 1 aromatic rings. The van der Waals surface area contributed by atoms with Crippen molar-refractivity contribution in [2.75, 3.05) is 13.2 Å². The molecule has 0 fully saturated rings. The lowest BCUT2D eigenvalue weighted by Gasteiger charge is -2.00. The normalized spacial score (nSPS) is 11.2. The monoisotopic (exact) mass is 233 g/mol. The number of benzene rings is 1. The van der Waals surface area contributed by atoms with Gasteiger partial charge in [0.25, 0.3) is 0 Å². The van der Waals surface area contributed by atoms with E-state index in [2.05, 4.69) is 36.4 Å². The highest BCUT2D eigenvalue weighted by molar-refractivity contribution is 5.49. The van der Waals surface area contributed by atoms with Gasteiger partial charge in [-0.3, -0.25) is 0 Å². The van der Waals surface area contributed by atoms with Crippen LogP contribution in [0.25, 0.3) is 6.08 Å². The topological polar surface area (TPSA) is 46.2 Å². The third-order valence-electron chi connectivity index (χ3n) is 2.74. The van der Waals surface area contributed by atoms with E-state index in [1.165, 1.54) is 17.5 Å². The Bertz CT molecular complexity index is 316. The molecule has 0 spiro atoms. The van der Waals surface area contributed by atoms with Crippen molar-refractivity contribution in [3.05, 3.63) is 41.5 Å². The summed E-state index contributed by atoms with van der Waals surface area (Å²) in [6, 6.07) is 8.53. The van der Waals surface area contributed by atoms with E-state index in [0.717, 1.165) is 32.2 Å². The maximum atomic E-state index is 8.75. The molecule has 0 amide bonds. The van der Waals surface area contributed by atoms with Crippen molar-refractivity contribution in [1.29, 1.82) is 0 Å². The lowest BCUT2D eigenvalue weighted by atomic mass is 10.1. The summed E-state index contributed by atoms with van der Waals surface area (Å²) in [7, 11) is 0. The molecule has 0 aliphatic carbocycles. The molecular weight excluding hydrogens is 210 g/mol. The largest absolute Gasteiger partial charge is 0.396 e. The molecule has 0 aliphatic rings. The first kappa shape index (κ1) is 13.9. The minimum Gasteiger partial charge on any atom is -0.396 e. The van der Waals surface area contributed by atoms with Crippen LogP contribution in [0.4, 0.5) is 0 Å². The Balaban J connectivity index is 2.34. The van der Waals surface area contributed by atoms with Crippen molar-refractivity contribution in [3.63, 3.8) is 0 Å². The van der Waals surface area contributed by atoms with Crippen LogP contribution in [0.5, 0.6) is 0 Å². The number of aliphatic hydroxyl groups excluding tert-OH is 1. The maximum Gasteiger partial charge on any atom is 0.0434 e. The van der Waals surface area contributed by atoms with Crippen LogP contribution in [-0.2, 0) is 6.42 Å². The Hall–Kier alpha value is -1.12. The van der Waals surface area contributed by atoms with Gasteiger partial charge in [-0.05, 0) is 49.8 Å². The van der Waals surface area contributed by atoms with E-state index in [4.69, 9.17) is 10.8 Å². The molecule has 0 saturated carbocycles. The lowest BCUT2D eigenvalue weighted by Crippen LogP contribution is -1.96. The summed E-state index contributed by atoms with van der Waals surface area (Å²) in [4.78, 5) is 0. The average Bonchev–Trinajstić information content (AvgIpc) is 2.37. The summed E-state index contributed by atoms with van der Waals surface area (Å²) in [5.74, 6) is 0. The van der Waals surface area contributed by atoms with Crippen LogP contribution >= 0.6 is 0 Å². The Kier molecular flexibility index (Phi) is 7.35. The summed E-state index contributed by atoms with van der Waals surface area (Å²) in [6.45, 7) is 1.05. The molecular formula is C15H23NO. The van der Waals surface area contributed by atoms with E-state index in [1.54, 1.807) is 0 Å². The van der Waals surface area contributed by atoms with Crippen LogP contribution in [0.15, 0.2) is 30.3 Å². The van der Waals surface area contributed by atoms with Gasteiger partial charge < -0.3 is 10.8 Å². The Morgan fingerprint density at radius 2 is 1.82 bits per heavy atom. The van der Waals surface area contributed by atoms with Gasteiger partial charge in [0.15, 0.2) is 0 Å². The highest BCUT2D eigenvalue weighted by Gasteiger charge is 1.92. The zero-order valence-electron chi connectivity index (χ0n) is 10.4. The number of rotatable bonds is 8. The van der Waals surface area contributed by atoms with Crippen LogP contribution in [-0.4, -0.2) is 18.3 Å². The molecule has 94 valence electrons. The molecule has 0 saturated heterocycles. The quantitative estimate of drug-likeness (QED) is 0.678. The van der Waals surface area contributed by atoms with Gasteiger partial charge in [0.1, 0.15) is 0 Å². The first-order valence-corrected chi connectivity index (χ1v) is 6.43. The van der Waals surface area contributed by atoms with Gasteiger partial charge in [-0.25, -0.2) is 0 Å². The SMILES string of the molecule is NCCCCC=Cc1ccc(CCCO)cc1. The van der Waals surface area contributed by atoms with Gasteiger partial charge in [0, 0.05) is 6.61 Å². The lowest BCUT2D eigenvalue weighted by molar-refractivity contribution is 0.288. The predicted molar refractivity (Wildman–Crippen MR) is 73.8 cm³/mol. The van der Waals surface area contributed by atoms with Crippen LogP contribution in [0, 0.1) is 0 Å². The van der Waals surface area contributed by atoms with Crippen molar-refractivity contribution >= 4 is 6.08 Å². The van der Waals surface area contributed by atoms with Crippen molar-refractivity contribution in [3.8, 4) is 0 Å². The highest BCUT2D eigenvalue weighted by atomic mass is 16.2. The first-order chi connectivity index (χ1) is 8.36. The number of aliphatic hydroxyl groups is 1. The summed E-state index contributed by atoms with van der Waals surface area (Å²) >= 11 is 0. The molecule has 0 bridgehead atoms. The fourth-order valence-electron chi connectivity index (χ4n) is 1.70. The molecule has 1 aromatic carbocycles. The molecule has 0 aliphatic heterocycles. The van der Waals surface area contributed by atoms with Gasteiger partial charge in [0.2, 0.25) is 0 Å². The fraction of sp³-hybridized carbons (Fsp3) is 0.467. The zero-order valence-corrected chi connectivity index (χ0v) is 10.4. The fourth-order valence-corrected chi connectivity index (χ4v) is 1.70. The van der Waals surface area contributed by atoms with E-state index in [9.17, 15) is 0 Å². The zero-order chi connectivity index (χ0) is 12.3. The van der Waals surface area contributed by atoms with Crippen molar-refractivity contribution in [1.82, 2.24) is 0 Å². The minimum absolute atomic E-state index is 0.267. The molecule has 3 N–H and O–H groups in total. The number of aryl methyl sites for hydroxylation is 1. The van der Waals surface area contributed by atoms with Crippen LogP contribution in [0.1, 0.15) is 36.8 Å². The highest BCUT2D eigenvalue weighted by Crippen LogP contribution is 2.09. The molecule has 17 heavy (non-hydrogen) atoms. The van der Waals surface area contributed by atoms with E-state index in [0.29, 0.717) is 0 Å². The molecule has 1 rings (SSSR count). The molecule has 0 atom stereocenters. The van der Waals surface area contributed by atoms with E-state index < -0.39 is 0 Å². The van der Waals surface area contributed by atoms with E-state index in [1.807, 2.05) is 0 Å². The summed E-state index contributed by atoms with van der Waals surface area (Å²) in [6.07, 6.45) is 9.53. The molecule has 2 nitrogen and oxygen atoms in total. The molecule has 0 heterocycles. The first-order valence-electron chi connectivity index (χ1n) is 6.43. The molecule has 2 heteroatoms. The second-order valence-corrected chi connectivity index (χ2v) is 4.26. The Labute approximate surface area is 104 Å². The van der Waals surface area contributed by atoms with Gasteiger partial charge in [-0.15, -0.1) is 0 Å². The van der Waals surface area contributed by atoms with Crippen LogP contribution in [0.2, 0.25) is 0 Å². The molecule has 0 unspecified atom stereocenters. The Morgan fingerprint density at radius 3 is 2.47 bits per heavy atom. The second kappa shape index (κ2) is 8.97. The Morgan fingerprint density at radius 1 is 1.06 bits per heavy atom. The minimum atomic E-state index is 0.267. The number of allylic oxidation sites excluding steroid dienone is 1. The number of nitrogens with two attached hydrogens (primary N) is 1. The van der Waals surface area contributed by atoms with Gasteiger partial charge in [-0.2, -0.15) is 0 Å². The van der Waals surface area contributed by atoms with E-state index in [-0.39, 0.29) is 6.61 Å². The summed E-state index contributed by atoms with van der Waals surface area (Å²) in [5, 5.41) is 8.75. The third kappa shape index (κ3) is 6.25. The van der Waals surface area contributed by atoms with E-state index >= 15 is 0 Å².